The van der Waals surface area contributed by atoms with Crippen LogP contribution in [-0.4, -0.2) is 52.5 Å². The molecule has 0 atom stereocenters. The lowest BCUT2D eigenvalue weighted by Crippen LogP contribution is -2.48. The summed E-state index contributed by atoms with van der Waals surface area (Å²) >= 11 is 1.03. The summed E-state index contributed by atoms with van der Waals surface area (Å²) < 4.78 is 31.2. The molecule has 2 heterocycles. The van der Waals surface area contributed by atoms with Gasteiger partial charge in [0.15, 0.2) is 0 Å². The standard InChI is InChI=1S/C22H22N2O4S2/c1-28-19-10-6-5-9-18(19)23-13-15-24(16-14-23)22(25)20-11-12-21(29-20)30(26,27)17-7-3-2-4-8-17/h2-12H,13-16H2,1H3. The maximum Gasteiger partial charge on any atom is 0.264 e. The Kier molecular flexibility index (Phi) is 5.78. The Bertz CT molecular complexity index is 1130. The van der Waals surface area contributed by atoms with Crippen LogP contribution in [-0.2, 0) is 9.84 Å². The number of amides is 1. The molecule has 0 radical (unpaired) electrons. The minimum Gasteiger partial charge on any atom is -0.495 e. The molecule has 1 aromatic heterocycles. The van der Waals surface area contributed by atoms with E-state index >= 15 is 0 Å². The number of anilines is 1. The molecule has 0 spiro atoms. The van der Waals surface area contributed by atoms with Crippen LogP contribution in [0.2, 0.25) is 0 Å². The van der Waals surface area contributed by atoms with Crippen LogP contribution in [0.25, 0.3) is 0 Å². The molecule has 1 amide bonds. The second kappa shape index (κ2) is 8.49. The number of benzene rings is 2. The molecule has 1 aliphatic heterocycles. The van der Waals surface area contributed by atoms with Crippen molar-refractivity contribution in [1.82, 2.24) is 4.90 Å². The van der Waals surface area contributed by atoms with E-state index in [9.17, 15) is 13.2 Å². The second-order valence-electron chi connectivity index (χ2n) is 6.89. The molecule has 0 N–H and O–H groups in total. The molecule has 3 aromatic rings. The molecular weight excluding hydrogens is 420 g/mol. The smallest absolute Gasteiger partial charge is 0.264 e. The van der Waals surface area contributed by atoms with Gasteiger partial charge < -0.3 is 14.5 Å². The molecule has 0 saturated carbocycles. The lowest BCUT2D eigenvalue weighted by molar-refractivity contribution is 0.0751. The number of nitrogens with zero attached hydrogens (tertiary/aromatic N) is 2. The van der Waals surface area contributed by atoms with Crippen LogP contribution < -0.4 is 9.64 Å². The van der Waals surface area contributed by atoms with Crippen LogP contribution in [0.5, 0.6) is 5.75 Å². The summed E-state index contributed by atoms with van der Waals surface area (Å²) in [6.07, 6.45) is 0. The number of carbonyl (C=O) groups excluding carboxylic acids is 1. The van der Waals surface area contributed by atoms with Crippen LogP contribution in [0.4, 0.5) is 5.69 Å². The van der Waals surface area contributed by atoms with Crippen LogP contribution in [0.15, 0.2) is 75.8 Å². The third-order valence-corrected chi connectivity index (χ3v) is 8.44. The Labute approximate surface area is 180 Å². The van der Waals surface area contributed by atoms with Crippen molar-refractivity contribution in [2.24, 2.45) is 0 Å². The fourth-order valence-corrected chi connectivity index (χ4v) is 6.19. The van der Waals surface area contributed by atoms with E-state index in [4.69, 9.17) is 4.74 Å². The third-order valence-electron chi connectivity index (χ3n) is 5.10. The zero-order valence-corrected chi connectivity index (χ0v) is 18.2. The molecule has 6 nitrogen and oxygen atoms in total. The summed E-state index contributed by atoms with van der Waals surface area (Å²) in [6, 6.07) is 19.2. The molecule has 4 rings (SSSR count). The average Bonchev–Trinajstić information content (AvgIpc) is 3.30. The Balaban J connectivity index is 1.46. The maximum absolute atomic E-state index is 12.9. The van der Waals surface area contributed by atoms with Crippen LogP contribution in [0.3, 0.4) is 0 Å². The highest BCUT2D eigenvalue weighted by Gasteiger charge is 2.27. The first kappa shape index (κ1) is 20.4. The molecule has 2 aromatic carbocycles. The monoisotopic (exact) mass is 442 g/mol. The number of rotatable bonds is 5. The number of piperazine rings is 1. The fraction of sp³-hybridized carbons (Fsp3) is 0.227. The topological polar surface area (TPSA) is 66.9 Å². The Morgan fingerprint density at radius 1 is 0.900 bits per heavy atom. The summed E-state index contributed by atoms with van der Waals surface area (Å²) in [5.41, 5.74) is 1.01. The van der Waals surface area contributed by atoms with Crippen molar-refractivity contribution in [2.75, 3.05) is 38.2 Å². The minimum absolute atomic E-state index is 0.130. The number of hydrogen-bond donors (Lipinski definition) is 0. The molecule has 0 bridgehead atoms. The van der Waals surface area contributed by atoms with Gasteiger partial charge in [-0.05, 0) is 36.4 Å². The van der Waals surface area contributed by atoms with Gasteiger partial charge in [0.05, 0.1) is 22.6 Å². The van der Waals surface area contributed by atoms with E-state index in [1.165, 1.54) is 6.07 Å². The predicted molar refractivity (Wildman–Crippen MR) is 117 cm³/mol. The zero-order valence-electron chi connectivity index (χ0n) is 16.5. The van der Waals surface area contributed by atoms with Gasteiger partial charge in [-0.15, -0.1) is 11.3 Å². The lowest BCUT2D eigenvalue weighted by Gasteiger charge is -2.36. The van der Waals surface area contributed by atoms with E-state index in [-0.39, 0.29) is 15.0 Å². The molecule has 8 heteroatoms. The van der Waals surface area contributed by atoms with E-state index in [1.54, 1.807) is 48.4 Å². The summed E-state index contributed by atoms with van der Waals surface area (Å²) in [7, 11) is -1.96. The fourth-order valence-electron chi connectivity index (χ4n) is 3.49. The maximum atomic E-state index is 12.9. The van der Waals surface area contributed by atoms with Gasteiger partial charge in [-0.1, -0.05) is 30.3 Å². The molecule has 1 saturated heterocycles. The summed E-state index contributed by atoms with van der Waals surface area (Å²) in [4.78, 5) is 17.6. The largest absolute Gasteiger partial charge is 0.495 e. The number of carbonyl (C=O) groups is 1. The predicted octanol–water partition coefficient (Wildman–Crippen LogP) is 3.55. The normalized spacial score (nSPS) is 14.6. The Hall–Kier alpha value is -2.84. The highest BCUT2D eigenvalue weighted by molar-refractivity contribution is 7.93. The van der Waals surface area contributed by atoms with E-state index in [1.807, 2.05) is 24.3 Å². The van der Waals surface area contributed by atoms with Gasteiger partial charge in [-0.25, -0.2) is 8.42 Å². The summed E-state index contributed by atoms with van der Waals surface area (Å²) in [5.74, 6) is 0.681. The quantitative estimate of drug-likeness (QED) is 0.605. The number of hydrogen-bond acceptors (Lipinski definition) is 6. The molecule has 1 fully saturated rings. The first-order chi connectivity index (χ1) is 14.5. The minimum atomic E-state index is -3.61. The van der Waals surface area contributed by atoms with Crippen molar-refractivity contribution >= 4 is 32.8 Å². The Morgan fingerprint density at radius 2 is 1.57 bits per heavy atom. The van der Waals surface area contributed by atoms with Crippen LogP contribution >= 0.6 is 11.3 Å². The average molecular weight is 443 g/mol. The van der Waals surface area contributed by atoms with Crippen molar-refractivity contribution < 1.29 is 17.9 Å². The first-order valence-corrected chi connectivity index (χ1v) is 11.9. The highest BCUT2D eigenvalue weighted by atomic mass is 32.2. The molecule has 0 aliphatic carbocycles. The lowest BCUT2D eigenvalue weighted by atomic mass is 10.2. The third kappa shape index (κ3) is 3.93. The summed E-state index contributed by atoms with van der Waals surface area (Å²) in [6.45, 7) is 2.50. The van der Waals surface area contributed by atoms with Crippen molar-refractivity contribution in [3.05, 3.63) is 71.6 Å². The molecule has 30 heavy (non-hydrogen) atoms. The van der Waals surface area contributed by atoms with Crippen molar-refractivity contribution in [1.29, 1.82) is 0 Å². The zero-order chi connectivity index (χ0) is 21.1. The highest BCUT2D eigenvalue weighted by Crippen LogP contribution is 2.30. The summed E-state index contributed by atoms with van der Waals surface area (Å²) in [5, 5.41) is 0. The van der Waals surface area contributed by atoms with Crippen LogP contribution in [0.1, 0.15) is 9.67 Å². The van der Waals surface area contributed by atoms with Crippen molar-refractivity contribution in [2.45, 2.75) is 9.10 Å². The van der Waals surface area contributed by atoms with Crippen LogP contribution in [0, 0.1) is 0 Å². The number of para-hydroxylation sites is 2. The molecule has 156 valence electrons. The second-order valence-corrected chi connectivity index (χ2v) is 10.1. The van der Waals surface area contributed by atoms with Crippen molar-refractivity contribution in [3.8, 4) is 5.75 Å². The van der Waals surface area contributed by atoms with Gasteiger partial charge in [0.25, 0.3) is 5.91 Å². The first-order valence-electron chi connectivity index (χ1n) is 9.58. The SMILES string of the molecule is COc1ccccc1N1CCN(C(=O)c2ccc(S(=O)(=O)c3ccccc3)s2)CC1. The van der Waals surface area contributed by atoms with Gasteiger partial charge >= 0.3 is 0 Å². The van der Waals surface area contributed by atoms with Gasteiger partial charge in [0.2, 0.25) is 9.84 Å². The number of sulfone groups is 1. The van der Waals surface area contributed by atoms with E-state index in [0.717, 1.165) is 22.8 Å². The molecule has 1 aliphatic rings. The number of methoxy groups -OCH3 is 1. The van der Waals surface area contributed by atoms with Gasteiger partial charge in [-0.3, -0.25) is 4.79 Å². The van der Waals surface area contributed by atoms with Gasteiger partial charge in [0, 0.05) is 26.2 Å². The molecule has 0 unspecified atom stereocenters. The van der Waals surface area contributed by atoms with E-state index in [2.05, 4.69) is 4.90 Å². The van der Waals surface area contributed by atoms with Gasteiger partial charge in [0.1, 0.15) is 9.96 Å². The molecular formula is C22H22N2O4S2. The van der Waals surface area contributed by atoms with E-state index in [0.29, 0.717) is 31.1 Å². The number of thiophene rings is 1. The number of ether oxygens (including phenoxy) is 1. The van der Waals surface area contributed by atoms with Crippen molar-refractivity contribution in [3.63, 3.8) is 0 Å². The van der Waals surface area contributed by atoms with E-state index < -0.39 is 9.84 Å². The van der Waals surface area contributed by atoms with Gasteiger partial charge in [-0.2, -0.15) is 0 Å². The Morgan fingerprint density at radius 3 is 2.27 bits per heavy atom.